The zero-order valence-corrected chi connectivity index (χ0v) is 16.1. The lowest BCUT2D eigenvalue weighted by molar-refractivity contribution is 0.100. The summed E-state index contributed by atoms with van der Waals surface area (Å²) in [6, 6.07) is 2.67. The molecule has 1 saturated carbocycles. The summed E-state index contributed by atoms with van der Waals surface area (Å²) in [4.78, 5) is 21.7. The Kier molecular flexibility index (Phi) is 5.53. The SMILES string of the molecule is NC[C@@H](CC1CC1)Nc1nc(Nc2cncc(-n3nccn3)c2)c(C(N)=O)cc1F. The Hall–Kier alpha value is -3.60. The highest BCUT2D eigenvalue weighted by atomic mass is 19.1. The first-order chi connectivity index (χ1) is 14.5. The third-order valence-corrected chi connectivity index (χ3v) is 4.82. The predicted octanol–water partition coefficient (Wildman–Crippen LogP) is 1.58. The van der Waals surface area contributed by atoms with Crippen LogP contribution < -0.4 is 22.1 Å². The summed E-state index contributed by atoms with van der Waals surface area (Å²) >= 11 is 0. The van der Waals surface area contributed by atoms with E-state index in [2.05, 4.69) is 30.8 Å². The number of nitrogens with zero attached hydrogens (tertiary/aromatic N) is 5. The second-order valence-electron chi connectivity index (χ2n) is 7.21. The number of carbonyl (C=O) groups excluding carboxylic acids is 1. The lowest BCUT2D eigenvalue weighted by atomic mass is 10.1. The van der Waals surface area contributed by atoms with E-state index in [4.69, 9.17) is 11.5 Å². The molecule has 4 rings (SSSR count). The molecule has 1 aliphatic carbocycles. The molecule has 0 spiro atoms. The minimum absolute atomic E-state index is 0.0106. The van der Waals surface area contributed by atoms with Gasteiger partial charge in [0.25, 0.3) is 5.91 Å². The third-order valence-electron chi connectivity index (χ3n) is 4.82. The molecule has 0 aliphatic heterocycles. The van der Waals surface area contributed by atoms with Crippen LogP contribution in [0.15, 0.2) is 36.9 Å². The highest BCUT2D eigenvalue weighted by Gasteiger charge is 2.26. The summed E-state index contributed by atoms with van der Waals surface area (Å²) < 4.78 is 14.6. The number of amides is 1. The van der Waals surface area contributed by atoms with Crippen molar-refractivity contribution < 1.29 is 9.18 Å². The van der Waals surface area contributed by atoms with Crippen molar-refractivity contribution in [3.63, 3.8) is 0 Å². The fraction of sp³-hybridized carbons (Fsp3) is 0.316. The topological polar surface area (TPSA) is 150 Å². The molecule has 10 nitrogen and oxygen atoms in total. The largest absolute Gasteiger partial charge is 0.365 e. The van der Waals surface area contributed by atoms with Crippen molar-refractivity contribution in [2.24, 2.45) is 17.4 Å². The van der Waals surface area contributed by atoms with Gasteiger partial charge in [-0.1, -0.05) is 12.8 Å². The number of carbonyl (C=O) groups is 1. The maximum absolute atomic E-state index is 14.6. The van der Waals surface area contributed by atoms with Gasteiger partial charge in [0.2, 0.25) is 0 Å². The van der Waals surface area contributed by atoms with Gasteiger partial charge in [-0.05, 0) is 24.5 Å². The Labute approximate surface area is 171 Å². The zero-order chi connectivity index (χ0) is 21.1. The number of aromatic nitrogens is 5. The molecule has 156 valence electrons. The fourth-order valence-corrected chi connectivity index (χ4v) is 3.13. The number of rotatable bonds is 9. The highest BCUT2D eigenvalue weighted by molar-refractivity contribution is 5.98. The van der Waals surface area contributed by atoms with Crippen molar-refractivity contribution in [2.45, 2.75) is 25.3 Å². The number of nitrogens with two attached hydrogens (primary N) is 2. The smallest absolute Gasteiger partial charge is 0.252 e. The summed E-state index contributed by atoms with van der Waals surface area (Å²) in [5.74, 6) is -0.739. The molecule has 3 aromatic rings. The maximum Gasteiger partial charge on any atom is 0.252 e. The Morgan fingerprint density at radius 1 is 1.23 bits per heavy atom. The lowest BCUT2D eigenvalue weighted by Crippen LogP contribution is -2.30. The molecule has 11 heteroatoms. The van der Waals surface area contributed by atoms with Crippen LogP contribution in [0, 0.1) is 11.7 Å². The zero-order valence-electron chi connectivity index (χ0n) is 16.1. The Morgan fingerprint density at radius 3 is 2.67 bits per heavy atom. The average Bonchev–Trinajstić information content (AvgIpc) is 3.37. The Balaban J connectivity index is 1.62. The molecular weight excluding hydrogens is 389 g/mol. The van der Waals surface area contributed by atoms with Crippen molar-refractivity contribution in [2.75, 3.05) is 17.2 Å². The second kappa shape index (κ2) is 8.41. The average molecular weight is 411 g/mol. The fourth-order valence-electron chi connectivity index (χ4n) is 3.13. The minimum Gasteiger partial charge on any atom is -0.365 e. The molecule has 30 heavy (non-hydrogen) atoms. The monoisotopic (exact) mass is 411 g/mol. The number of primary amides is 1. The summed E-state index contributed by atoms with van der Waals surface area (Å²) in [6.45, 7) is 0.348. The molecule has 0 aromatic carbocycles. The molecule has 1 fully saturated rings. The summed E-state index contributed by atoms with van der Waals surface area (Å²) in [7, 11) is 0. The summed E-state index contributed by atoms with van der Waals surface area (Å²) in [6.07, 6.45) is 9.37. The van der Waals surface area contributed by atoms with E-state index in [0.717, 1.165) is 25.3 Å². The highest BCUT2D eigenvalue weighted by Crippen LogP contribution is 2.34. The van der Waals surface area contributed by atoms with Crippen LogP contribution in [0.5, 0.6) is 0 Å². The van der Waals surface area contributed by atoms with E-state index in [9.17, 15) is 9.18 Å². The predicted molar refractivity (Wildman–Crippen MR) is 109 cm³/mol. The molecule has 3 aromatic heterocycles. The second-order valence-corrected chi connectivity index (χ2v) is 7.21. The van der Waals surface area contributed by atoms with Gasteiger partial charge < -0.3 is 22.1 Å². The molecular formula is C19H22FN9O. The van der Waals surface area contributed by atoms with Gasteiger partial charge >= 0.3 is 0 Å². The van der Waals surface area contributed by atoms with E-state index in [0.29, 0.717) is 23.8 Å². The van der Waals surface area contributed by atoms with Crippen LogP contribution in [-0.4, -0.2) is 43.5 Å². The third kappa shape index (κ3) is 4.51. The van der Waals surface area contributed by atoms with E-state index >= 15 is 0 Å². The van der Waals surface area contributed by atoms with Crippen LogP contribution in [0.25, 0.3) is 5.69 Å². The number of hydrogen-bond donors (Lipinski definition) is 4. The van der Waals surface area contributed by atoms with Gasteiger partial charge in [0.05, 0.1) is 36.0 Å². The van der Waals surface area contributed by atoms with Gasteiger partial charge in [0, 0.05) is 12.6 Å². The maximum atomic E-state index is 14.6. The van der Waals surface area contributed by atoms with E-state index in [1.54, 1.807) is 24.7 Å². The van der Waals surface area contributed by atoms with Crippen molar-refractivity contribution in [3.05, 3.63) is 48.3 Å². The van der Waals surface area contributed by atoms with Crippen LogP contribution in [0.2, 0.25) is 0 Å². The molecule has 0 unspecified atom stereocenters. The minimum atomic E-state index is -0.804. The molecule has 6 N–H and O–H groups in total. The first-order valence-corrected chi connectivity index (χ1v) is 9.59. The van der Waals surface area contributed by atoms with Crippen molar-refractivity contribution in [1.29, 1.82) is 0 Å². The Morgan fingerprint density at radius 2 is 2.00 bits per heavy atom. The summed E-state index contributed by atoms with van der Waals surface area (Å²) in [5, 5.41) is 14.1. The van der Waals surface area contributed by atoms with Crippen molar-refractivity contribution in [1.82, 2.24) is 25.0 Å². The number of halogens is 1. The van der Waals surface area contributed by atoms with Crippen molar-refractivity contribution in [3.8, 4) is 5.69 Å². The first kappa shape index (κ1) is 19.7. The van der Waals surface area contributed by atoms with Gasteiger partial charge in [0.15, 0.2) is 11.6 Å². The van der Waals surface area contributed by atoms with Gasteiger partial charge in [-0.2, -0.15) is 10.2 Å². The molecule has 0 saturated heterocycles. The van der Waals surface area contributed by atoms with Gasteiger partial charge in [-0.25, -0.2) is 9.37 Å². The molecule has 0 bridgehead atoms. The van der Waals surface area contributed by atoms with Gasteiger partial charge in [-0.15, -0.1) is 4.80 Å². The first-order valence-electron chi connectivity index (χ1n) is 9.59. The molecule has 0 radical (unpaired) electrons. The quantitative estimate of drug-likeness (QED) is 0.414. The Bertz CT molecular complexity index is 1040. The molecule has 1 amide bonds. The van der Waals surface area contributed by atoms with E-state index in [-0.39, 0.29) is 23.2 Å². The molecule has 1 atom stereocenters. The molecule has 3 heterocycles. The summed E-state index contributed by atoms with van der Waals surface area (Å²) in [5.41, 5.74) is 12.3. The van der Waals surface area contributed by atoms with Crippen LogP contribution in [0.3, 0.4) is 0 Å². The van der Waals surface area contributed by atoms with Crippen LogP contribution in [-0.2, 0) is 0 Å². The van der Waals surface area contributed by atoms with Gasteiger partial charge in [0.1, 0.15) is 11.5 Å². The van der Waals surface area contributed by atoms with Crippen LogP contribution in [0.1, 0.15) is 29.6 Å². The van der Waals surface area contributed by atoms with Crippen LogP contribution >= 0.6 is 0 Å². The number of hydrogen-bond acceptors (Lipinski definition) is 8. The molecule has 1 aliphatic rings. The van der Waals surface area contributed by atoms with E-state index in [1.807, 2.05) is 0 Å². The standard InChI is InChI=1S/C19H22FN9O/c20-16-7-15(17(22)30)18(28-19(16)26-12(8-21)5-11-1-2-11)27-13-6-14(10-23-9-13)29-24-3-4-25-29/h3-4,6-7,9-12H,1-2,5,8,21H2,(H2,22,30)(H2,26,27,28)/t12-/m1/s1. The number of pyridine rings is 2. The van der Waals surface area contributed by atoms with E-state index in [1.165, 1.54) is 11.0 Å². The van der Waals surface area contributed by atoms with Crippen LogP contribution in [0.4, 0.5) is 21.7 Å². The van der Waals surface area contributed by atoms with E-state index < -0.39 is 11.7 Å². The normalized spacial score (nSPS) is 14.3. The number of nitrogens with one attached hydrogen (secondary N) is 2. The van der Waals surface area contributed by atoms with Gasteiger partial charge in [-0.3, -0.25) is 9.78 Å². The lowest BCUT2D eigenvalue weighted by Gasteiger charge is -2.19. The van der Waals surface area contributed by atoms with Crippen molar-refractivity contribution >= 4 is 23.2 Å². The number of anilines is 3.